The number of carboxylic acid groups (broad SMARTS) is 1. The molecule has 7 heavy (non-hydrogen) atoms. The molecule has 0 fully saturated rings. The van der Waals surface area contributed by atoms with Crippen LogP contribution in [0.15, 0.2) is 0 Å². The number of halogens is 1. The second-order valence-corrected chi connectivity index (χ2v) is 2.80. The van der Waals surface area contributed by atoms with E-state index in [-0.39, 0.29) is 72.8 Å². The molecule has 0 aliphatic heterocycles. The summed E-state index contributed by atoms with van der Waals surface area (Å²) >= 11 is 1.77. The maximum atomic E-state index is 9.58. The summed E-state index contributed by atoms with van der Waals surface area (Å²) in [4.78, 5) is 9.58. The topological polar surface area (TPSA) is 40.1 Å². The maximum absolute atomic E-state index is 9.58. The van der Waals surface area contributed by atoms with Crippen molar-refractivity contribution in [3.05, 3.63) is 0 Å². The van der Waals surface area contributed by atoms with E-state index in [0.717, 1.165) is 0 Å². The Kier molecular flexibility index (Phi) is 10.9. The Bertz CT molecular complexity index is 64.0. The molecule has 0 spiro atoms. The minimum absolute atomic E-state index is 0. The summed E-state index contributed by atoms with van der Waals surface area (Å²) < 4.78 is -0.373. The van der Waals surface area contributed by atoms with Crippen LogP contribution in [-0.2, 0) is 4.79 Å². The Labute approximate surface area is 115 Å². The zero-order chi connectivity index (χ0) is 5.15. The zero-order valence-corrected chi connectivity index (χ0v) is 12.7. The standard InChI is InChI=1S/C3H5IO2.Cs/c1-2(4)3(5)6;/h2H,1H3,(H,5,6);/q;+1/p-1. The number of carbonyl (C=O) groups is 1. The van der Waals surface area contributed by atoms with Crippen LogP contribution in [0.5, 0.6) is 0 Å². The molecule has 0 aromatic carbocycles. The summed E-state index contributed by atoms with van der Waals surface area (Å²) in [5.74, 6) is -1.00. The normalized spacial score (nSPS) is 11.7. The Balaban J connectivity index is 0. The van der Waals surface area contributed by atoms with Crippen LogP contribution in [0.1, 0.15) is 6.92 Å². The predicted molar refractivity (Wildman–Crippen MR) is 28.5 cm³/mol. The molecule has 4 heteroatoms. The second-order valence-electron chi connectivity index (χ2n) is 0.935. The van der Waals surface area contributed by atoms with Gasteiger partial charge < -0.3 is 9.90 Å². The molecule has 0 N–H and O–H groups in total. The fourth-order valence-electron chi connectivity index (χ4n) is 0. The number of alkyl halides is 1. The van der Waals surface area contributed by atoms with Gasteiger partial charge in [0.1, 0.15) is 0 Å². The summed E-state index contributed by atoms with van der Waals surface area (Å²) in [5.41, 5.74) is 0. The van der Waals surface area contributed by atoms with Gasteiger partial charge in [0.15, 0.2) is 0 Å². The van der Waals surface area contributed by atoms with Gasteiger partial charge in [-0.15, -0.1) is 0 Å². The van der Waals surface area contributed by atoms with Crippen molar-refractivity contribution in [2.24, 2.45) is 0 Å². The molecule has 0 aliphatic carbocycles. The van der Waals surface area contributed by atoms with E-state index in [4.69, 9.17) is 0 Å². The number of hydrogen-bond donors (Lipinski definition) is 0. The van der Waals surface area contributed by atoms with Crippen molar-refractivity contribution in [1.82, 2.24) is 0 Å². The van der Waals surface area contributed by atoms with Crippen molar-refractivity contribution in [2.75, 3.05) is 0 Å². The number of carbonyl (C=O) groups excluding carboxylic acids is 1. The number of aliphatic carboxylic acids is 1. The summed E-state index contributed by atoms with van der Waals surface area (Å²) in [7, 11) is 0. The molecule has 0 heterocycles. The van der Waals surface area contributed by atoms with Gasteiger partial charge >= 0.3 is 68.9 Å². The van der Waals surface area contributed by atoms with Gasteiger partial charge in [-0.3, -0.25) is 0 Å². The summed E-state index contributed by atoms with van der Waals surface area (Å²) in [6.07, 6.45) is 0. The minimum atomic E-state index is -1.00. The minimum Gasteiger partial charge on any atom is -0.549 e. The van der Waals surface area contributed by atoms with Gasteiger partial charge in [0.05, 0.1) is 5.97 Å². The Morgan fingerprint density at radius 2 is 2.00 bits per heavy atom. The van der Waals surface area contributed by atoms with Crippen molar-refractivity contribution in [3.63, 3.8) is 0 Å². The van der Waals surface area contributed by atoms with Crippen LogP contribution in [0.25, 0.3) is 0 Å². The van der Waals surface area contributed by atoms with Gasteiger partial charge in [-0.2, -0.15) is 0 Å². The first-order valence-electron chi connectivity index (χ1n) is 1.49. The van der Waals surface area contributed by atoms with Gasteiger partial charge in [0, 0.05) is 3.92 Å². The van der Waals surface area contributed by atoms with E-state index in [2.05, 4.69) is 0 Å². The van der Waals surface area contributed by atoms with Gasteiger partial charge in [0.2, 0.25) is 0 Å². The van der Waals surface area contributed by atoms with Crippen LogP contribution < -0.4 is 74.0 Å². The first-order valence-corrected chi connectivity index (χ1v) is 2.74. The average Bonchev–Trinajstić information content (AvgIpc) is 1.36. The molecule has 0 aromatic rings. The zero-order valence-electron chi connectivity index (χ0n) is 4.27. The molecule has 0 bridgehead atoms. The molecular formula is C3H4CsIO2. The third-order valence-electron chi connectivity index (χ3n) is 0.325. The fourth-order valence-corrected chi connectivity index (χ4v) is 0. The van der Waals surface area contributed by atoms with E-state index >= 15 is 0 Å². The second kappa shape index (κ2) is 6.37. The van der Waals surface area contributed by atoms with E-state index in [1.165, 1.54) is 0 Å². The molecule has 1 unspecified atom stereocenters. The smallest absolute Gasteiger partial charge is 0.549 e. The molecule has 0 aliphatic rings. The van der Waals surface area contributed by atoms with Crippen LogP contribution >= 0.6 is 22.6 Å². The van der Waals surface area contributed by atoms with E-state index in [1.807, 2.05) is 0 Å². The predicted octanol–water partition coefficient (Wildman–Crippen LogP) is -3.44. The van der Waals surface area contributed by atoms with Crippen molar-refractivity contribution >= 4 is 28.6 Å². The molecule has 0 amide bonds. The van der Waals surface area contributed by atoms with Crippen molar-refractivity contribution in [2.45, 2.75) is 10.8 Å². The first-order chi connectivity index (χ1) is 2.64. The van der Waals surface area contributed by atoms with Gasteiger partial charge in [-0.1, -0.05) is 22.6 Å². The third kappa shape index (κ3) is 8.25. The number of carboxylic acids is 1. The van der Waals surface area contributed by atoms with Gasteiger partial charge in [-0.25, -0.2) is 0 Å². The quantitative estimate of drug-likeness (QED) is 0.371. The van der Waals surface area contributed by atoms with Gasteiger partial charge in [-0.05, 0) is 6.92 Å². The maximum Gasteiger partial charge on any atom is 1.00 e. The monoisotopic (exact) mass is 332 g/mol. The summed E-state index contributed by atoms with van der Waals surface area (Å²) in [5, 5.41) is 9.58. The molecule has 0 rings (SSSR count). The molecular weight excluding hydrogens is 328 g/mol. The first kappa shape index (κ1) is 12.0. The van der Waals surface area contributed by atoms with Crippen LogP contribution in [-0.4, -0.2) is 9.89 Å². The summed E-state index contributed by atoms with van der Waals surface area (Å²) in [6, 6.07) is 0. The van der Waals surface area contributed by atoms with Crippen LogP contribution in [0, 0.1) is 0 Å². The van der Waals surface area contributed by atoms with Crippen LogP contribution in [0.4, 0.5) is 0 Å². The molecule has 0 saturated heterocycles. The molecule has 36 valence electrons. The van der Waals surface area contributed by atoms with Crippen molar-refractivity contribution in [3.8, 4) is 0 Å². The Morgan fingerprint density at radius 3 is 2.00 bits per heavy atom. The van der Waals surface area contributed by atoms with Crippen molar-refractivity contribution < 1.29 is 78.8 Å². The van der Waals surface area contributed by atoms with E-state index < -0.39 is 5.97 Å². The van der Waals surface area contributed by atoms with Gasteiger partial charge in [0.25, 0.3) is 0 Å². The molecule has 0 radical (unpaired) electrons. The van der Waals surface area contributed by atoms with E-state index in [1.54, 1.807) is 29.5 Å². The van der Waals surface area contributed by atoms with Crippen molar-refractivity contribution in [1.29, 1.82) is 0 Å². The van der Waals surface area contributed by atoms with Crippen LogP contribution in [0.3, 0.4) is 0 Å². The van der Waals surface area contributed by atoms with E-state index in [9.17, 15) is 9.90 Å². The molecule has 0 saturated carbocycles. The molecule has 1 atom stereocenters. The molecule has 0 aromatic heterocycles. The largest absolute Gasteiger partial charge is 1.00 e. The molecule has 2 nitrogen and oxygen atoms in total. The fraction of sp³-hybridized carbons (Fsp3) is 0.667. The Morgan fingerprint density at radius 1 is 1.86 bits per heavy atom. The Hall–Kier alpha value is 2.25. The average molecular weight is 332 g/mol. The SMILES string of the molecule is CC(I)C(=O)[O-].[Cs+]. The van der Waals surface area contributed by atoms with Crippen LogP contribution in [0.2, 0.25) is 0 Å². The van der Waals surface area contributed by atoms with E-state index in [0.29, 0.717) is 0 Å². The number of rotatable bonds is 1. The summed E-state index contributed by atoms with van der Waals surface area (Å²) in [6.45, 7) is 1.57. The third-order valence-corrected chi connectivity index (χ3v) is 0.833. The number of hydrogen-bond acceptors (Lipinski definition) is 2.